The Balaban J connectivity index is 1.26. The maximum Gasteiger partial charge on any atom is 0.573 e. The number of sulfonamides is 1. The quantitative estimate of drug-likeness (QED) is 0.356. The SMILES string of the molecule is O=C(NCc1ccnc(-c2ccc(OC(F)(F)F)cc2)c1)C1CCCN1S(=O)(=O)c1cc2ccccc2o1. The van der Waals surface area contributed by atoms with Gasteiger partial charge in [0.15, 0.2) is 0 Å². The van der Waals surface area contributed by atoms with Gasteiger partial charge in [-0.25, -0.2) is 8.42 Å². The summed E-state index contributed by atoms with van der Waals surface area (Å²) in [6, 6.07) is 16.2. The molecule has 2 aromatic carbocycles. The van der Waals surface area contributed by atoms with E-state index in [1.165, 1.54) is 40.8 Å². The number of furan rings is 1. The van der Waals surface area contributed by atoms with E-state index in [0.717, 1.165) is 0 Å². The minimum atomic E-state index is -4.78. The third-order valence-corrected chi connectivity index (χ3v) is 7.91. The topological polar surface area (TPSA) is 102 Å². The van der Waals surface area contributed by atoms with Crippen molar-refractivity contribution in [3.8, 4) is 17.0 Å². The fraction of sp³-hybridized carbons (Fsp3) is 0.231. The van der Waals surface area contributed by atoms with Gasteiger partial charge in [0.1, 0.15) is 17.4 Å². The van der Waals surface area contributed by atoms with Crippen LogP contribution < -0.4 is 10.1 Å². The van der Waals surface area contributed by atoms with Gasteiger partial charge in [-0.2, -0.15) is 4.31 Å². The molecule has 1 aliphatic heterocycles. The van der Waals surface area contributed by atoms with Gasteiger partial charge in [0, 0.05) is 36.3 Å². The van der Waals surface area contributed by atoms with Gasteiger partial charge in [-0.15, -0.1) is 13.2 Å². The largest absolute Gasteiger partial charge is 0.573 e. The highest BCUT2D eigenvalue weighted by Gasteiger charge is 2.41. The summed E-state index contributed by atoms with van der Waals surface area (Å²) in [4.78, 5) is 17.3. The van der Waals surface area contributed by atoms with Gasteiger partial charge in [-0.1, -0.05) is 18.2 Å². The second kappa shape index (κ2) is 10.1. The number of rotatable bonds is 7. The van der Waals surface area contributed by atoms with Gasteiger partial charge in [0.2, 0.25) is 11.0 Å². The van der Waals surface area contributed by atoms with Crippen LogP contribution in [0.5, 0.6) is 5.75 Å². The molecule has 5 rings (SSSR count). The molecular formula is C26H22F3N3O5S. The lowest BCUT2D eigenvalue weighted by Gasteiger charge is -2.22. The summed E-state index contributed by atoms with van der Waals surface area (Å²) >= 11 is 0. The van der Waals surface area contributed by atoms with Gasteiger partial charge >= 0.3 is 6.36 Å². The molecule has 8 nitrogen and oxygen atoms in total. The van der Waals surface area contributed by atoms with Crippen LogP contribution in [0.3, 0.4) is 0 Å². The van der Waals surface area contributed by atoms with E-state index in [-0.39, 0.29) is 23.9 Å². The minimum absolute atomic E-state index is 0.110. The molecule has 4 aromatic rings. The molecule has 1 amide bonds. The number of para-hydroxylation sites is 1. The maximum atomic E-state index is 13.3. The number of pyridine rings is 1. The number of nitrogens with one attached hydrogen (secondary N) is 1. The number of fused-ring (bicyclic) bond motifs is 1. The number of carbonyl (C=O) groups is 1. The first-order valence-corrected chi connectivity index (χ1v) is 13.1. The average molecular weight is 546 g/mol. The van der Waals surface area contributed by atoms with E-state index in [2.05, 4.69) is 15.0 Å². The molecule has 12 heteroatoms. The number of hydrogen-bond acceptors (Lipinski definition) is 6. The van der Waals surface area contributed by atoms with Crippen molar-refractivity contribution in [1.29, 1.82) is 0 Å². The van der Waals surface area contributed by atoms with Crippen LogP contribution in [-0.4, -0.2) is 42.6 Å². The summed E-state index contributed by atoms with van der Waals surface area (Å²) in [6.45, 7) is 0.309. The monoisotopic (exact) mass is 545 g/mol. The molecule has 2 aromatic heterocycles. The molecule has 0 saturated carbocycles. The summed E-state index contributed by atoms with van der Waals surface area (Å²) in [5.74, 6) is -0.780. The number of amides is 1. The molecule has 198 valence electrons. The molecule has 0 spiro atoms. The Morgan fingerprint density at radius 1 is 1.11 bits per heavy atom. The Morgan fingerprint density at radius 2 is 1.87 bits per heavy atom. The highest BCUT2D eigenvalue weighted by Crippen LogP contribution is 2.30. The van der Waals surface area contributed by atoms with Crippen LogP contribution in [0.25, 0.3) is 22.2 Å². The van der Waals surface area contributed by atoms with Crippen molar-refractivity contribution in [1.82, 2.24) is 14.6 Å². The van der Waals surface area contributed by atoms with E-state index in [1.54, 1.807) is 36.4 Å². The van der Waals surface area contributed by atoms with Crippen molar-refractivity contribution in [2.45, 2.75) is 36.9 Å². The molecule has 1 unspecified atom stereocenters. The zero-order valence-electron chi connectivity index (χ0n) is 19.8. The van der Waals surface area contributed by atoms with Crippen LogP contribution in [-0.2, 0) is 21.4 Å². The number of carbonyl (C=O) groups excluding carboxylic acids is 1. The van der Waals surface area contributed by atoms with Gasteiger partial charge in [0.05, 0.1) is 5.69 Å². The number of benzene rings is 2. The van der Waals surface area contributed by atoms with Crippen LogP contribution >= 0.6 is 0 Å². The molecule has 0 bridgehead atoms. The highest BCUT2D eigenvalue weighted by atomic mass is 32.2. The first-order chi connectivity index (χ1) is 18.1. The van der Waals surface area contributed by atoms with Gasteiger partial charge in [-0.05, 0) is 60.9 Å². The van der Waals surface area contributed by atoms with E-state index in [0.29, 0.717) is 40.6 Å². The molecule has 38 heavy (non-hydrogen) atoms. The van der Waals surface area contributed by atoms with Crippen molar-refractivity contribution in [2.75, 3.05) is 6.54 Å². The Kier molecular flexibility index (Phi) is 6.84. The van der Waals surface area contributed by atoms with E-state index in [9.17, 15) is 26.4 Å². The summed E-state index contributed by atoms with van der Waals surface area (Å²) in [6.07, 6.45) is -2.35. The van der Waals surface area contributed by atoms with Crippen LogP contribution in [0, 0.1) is 0 Å². The lowest BCUT2D eigenvalue weighted by molar-refractivity contribution is -0.274. The zero-order chi connectivity index (χ0) is 26.9. The Hall–Kier alpha value is -3.90. The summed E-state index contributed by atoms with van der Waals surface area (Å²) in [5.41, 5.74) is 2.18. The standard InChI is InChI=1S/C26H22F3N3O5S/c27-26(28,29)37-20-9-7-18(8-10-20)21-14-17(11-12-30-21)16-31-25(33)22-5-3-13-32(22)38(34,35)24-15-19-4-1-2-6-23(19)36-24/h1-2,4,6-12,14-15,22H,3,5,13,16H2,(H,31,33). The van der Waals surface area contributed by atoms with Gasteiger partial charge in [0.25, 0.3) is 10.0 Å². The van der Waals surface area contributed by atoms with Crippen molar-refractivity contribution < 1.29 is 35.5 Å². The second-order valence-electron chi connectivity index (χ2n) is 8.72. The molecular weight excluding hydrogens is 523 g/mol. The number of aromatic nitrogens is 1. The fourth-order valence-electron chi connectivity index (χ4n) is 4.37. The van der Waals surface area contributed by atoms with Crippen molar-refractivity contribution >= 4 is 26.9 Å². The number of ether oxygens (including phenoxy) is 1. The lowest BCUT2D eigenvalue weighted by atomic mass is 10.1. The molecule has 1 aliphatic rings. The molecule has 1 saturated heterocycles. The highest BCUT2D eigenvalue weighted by molar-refractivity contribution is 7.89. The van der Waals surface area contributed by atoms with E-state index in [1.807, 2.05) is 0 Å². The molecule has 1 N–H and O–H groups in total. The zero-order valence-corrected chi connectivity index (χ0v) is 20.6. The molecule has 3 heterocycles. The van der Waals surface area contributed by atoms with E-state index >= 15 is 0 Å². The van der Waals surface area contributed by atoms with Gasteiger partial charge in [-0.3, -0.25) is 9.78 Å². The number of halogens is 3. The van der Waals surface area contributed by atoms with Crippen LogP contribution in [0.2, 0.25) is 0 Å². The molecule has 0 radical (unpaired) electrons. The van der Waals surface area contributed by atoms with Crippen LogP contribution in [0.1, 0.15) is 18.4 Å². The fourth-order valence-corrected chi connectivity index (χ4v) is 5.97. The normalized spacial score (nSPS) is 16.6. The van der Waals surface area contributed by atoms with Crippen LogP contribution in [0.4, 0.5) is 13.2 Å². The lowest BCUT2D eigenvalue weighted by Crippen LogP contribution is -2.45. The first kappa shape index (κ1) is 25.7. The molecule has 0 aliphatic carbocycles. The number of alkyl halides is 3. The van der Waals surface area contributed by atoms with E-state index in [4.69, 9.17) is 4.42 Å². The Labute approximate surface area is 216 Å². The maximum absolute atomic E-state index is 13.3. The smallest absolute Gasteiger partial charge is 0.443 e. The third kappa shape index (κ3) is 5.50. The third-order valence-electron chi connectivity index (χ3n) is 6.15. The van der Waals surface area contributed by atoms with Crippen molar-refractivity contribution in [3.05, 3.63) is 78.5 Å². The average Bonchev–Trinajstić information content (AvgIpc) is 3.55. The predicted octanol–water partition coefficient (Wildman–Crippen LogP) is 4.86. The molecule has 1 atom stereocenters. The van der Waals surface area contributed by atoms with Crippen molar-refractivity contribution in [3.63, 3.8) is 0 Å². The summed E-state index contributed by atoms with van der Waals surface area (Å²) < 4.78 is 74.3. The molecule has 1 fully saturated rings. The summed E-state index contributed by atoms with van der Waals surface area (Å²) in [5, 5.41) is 3.24. The van der Waals surface area contributed by atoms with Gasteiger partial charge < -0.3 is 14.5 Å². The van der Waals surface area contributed by atoms with Crippen molar-refractivity contribution in [2.24, 2.45) is 0 Å². The Morgan fingerprint density at radius 3 is 2.61 bits per heavy atom. The number of nitrogens with zero attached hydrogens (tertiary/aromatic N) is 2. The first-order valence-electron chi connectivity index (χ1n) is 11.7. The van der Waals surface area contributed by atoms with E-state index < -0.39 is 28.3 Å². The minimum Gasteiger partial charge on any atom is -0.443 e. The second-order valence-corrected chi connectivity index (χ2v) is 10.5. The summed E-state index contributed by atoms with van der Waals surface area (Å²) in [7, 11) is -4.02. The Bertz CT molecular complexity index is 1540. The van der Waals surface area contributed by atoms with Crippen LogP contribution in [0.15, 0.2) is 82.4 Å². The predicted molar refractivity (Wildman–Crippen MR) is 131 cm³/mol. The number of hydrogen-bond donors (Lipinski definition) is 1.